The number of hydrogen-bond donors (Lipinski definition) is 0. The third-order valence-corrected chi connectivity index (χ3v) is 6.59. The fourth-order valence-corrected chi connectivity index (χ4v) is 5.32. The van der Waals surface area contributed by atoms with Crippen molar-refractivity contribution in [2.24, 2.45) is 13.0 Å². The zero-order valence-corrected chi connectivity index (χ0v) is 13.6. The minimum atomic E-state index is -2.90. The molecule has 1 aromatic heterocycles. The van der Waals surface area contributed by atoms with Gasteiger partial charge in [-0.05, 0) is 25.2 Å². The first-order valence-corrected chi connectivity index (χ1v) is 9.59. The van der Waals surface area contributed by atoms with Gasteiger partial charge in [0, 0.05) is 32.5 Å². The molecule has 1 aromatic rings. The van der Waals surface area contributed by atoms with Crippen LogP contribution in [-0.4, -0.2) is 58.6 Å². The molecule has 1 amide bonds. The van der Waals surface area contributed by atoms with E-state index in [0.717, 1.165) is 31.8 Å². The zero-order chi connectivity index (χ0) is 15.7. The van der Waals surface area contributed by atoms with E-state index in [1.165, 1.54) is 0 Å². The molecule has 3 rings (SSSR count). The monoisotopic (exact) mass is 326 g/mol. The molecule has 0 unspecified atom stereocenters. The predicted molar refractivity (Wildman–Crippen MR) is 80.9 cm³/mol. The van der Waals surface area contributed by atoms with E-state index in [1.54, 1.807) is 6.33 Å². The zero-order valence-electron chi connectivity index (χ0n) is 12.8. The number of sulfone groups is 1. The summed E-state index contributed by atoms with van der Waals surface area (Å²) < 4.78 is 24.9. The number of piperidine rings is 1. The van der Waals surface area contributed by atoms with Crippen molar-refractivity contribution in [3.63, 3.8) is 0 Å². The standard InChI is InChI=1S/C14H22N4O3S/c1-17-10-15-16-14(17)12-2-5-18(6-3-12)13(19)8-11-4-7-22(20,21)9-11/h10-12H,2-9H2,1H3/t11-/m0/s1. The van der Waals surface area contributed by atoms with Gasteiger partial charge in [-0.1, -0.05) is 0 Å². The van der Waals surface area contributed by atoms with Gasteiger partial charge in [0.2, 0.25) is 5.91 Å². The van der Waals surface area contributed by atoms with Crippen molar-refractivity contribution >= 4 is 15.7 Å². The minimum absolute atomic E-state index is 0.00830. The average Bonchev–Trinajstić information content (AvgIpc) is 3.04. The third-order valence-electron chi connectivity index (χ3n) is 4.75. The van der Waals surface area contributed by atoms with Crippen LogP contribution in [0.1, 0.15) is 37.4 Å². The van der Waals surface area contributed by atoms with Crippen molar-refractivity contribution < 1.29 is 13.2 Å². The van der Waals surface area contributed by atoms with E-state index in [1.807, 2.05) is 16.5 Å². The fraction of sp³-hybridized carbons (Fsp3) is 0.786. The second kappa shape index (κ2) is 5.98. The van der Waals surface area contributed by atoms with E-state index in [2.05, 4.69) is 10.2 Å². The molecule has 2 fully saturated rings. The number of aryl methyl sites for hydroxylation is 1. The van der Waals surface area contributed by atoms with Gasteiger partial charge in [-0.15, -0.1) is 10.2 Å². The lowest BCUT2D eigenvalue weighted by Gasteiger charge is -2.32. The van der Waals surface area contributed by atoms with Gasteiger partial charge in [0.05, 0.1) is 11.5 Å². The van der Waals surface area contributed by atoms with Gasteiger partial charge < -0.3 is 9.47 Å². The van der Waals surface area contributed by atoms with Crippen LogP contribution in [-0.2, 0) is 21.7 Å². The summed E-state index contributed by atoms with van der Waals surface area (Å²) in [7, 11) is -0.966. The van der Waals surface area contributed by atoms with Crippen LogP contribution < -0.4 is 0 Å². The first-order chi connectivity index (χ1) is 10.4. The van der Waals surface area contributed by atoms with Gasteiger partial charge in [-0.3, -0.25) is 4.79 Å². The molecule has 3 heterocycles. The summed E-state index contributed by atoms with van der Waals surface area (Å²) in [4.78, 5) is 14.2. The van der Waals surface area contributed by atoms with Gasteiger partial charge >= 0.3 is 0 Å². The molecule has 0 N–H and O–H groups in total. The quantitative estimate of drug-likeness (QED) is 0.800. The van der Waals surface area contributed by atoms with E-state index in [4.69, 9.17) is 0 Å². The maximum atomic E-state index is 12.3. The lowest BCUT2D eigenvalue weighted by molar-refractivity contribution is -0.133. The van der Waals surface area contributed by atoms with Crippen molar-refractivity contribution in [3.8, 4) is 0 Å². The summed E-state index contributed by atoms with van der Waals surface area (Å²) in [5, 5.41) is 8.06. The van der Waals surface area contributed by atoms with Crippen LogP contribution in [0.4, 0.5) is 0 Å². The van der Waals surface area contributed by atoms with Gasteiger partial charge in [0.1, 0.15) is 12.2 Å². The average molecular weight is 326 g/mol. The molecule has 0 saturated carbocycles. The van der Waals surface area contributed by atoms with Crippen LogP contribution in [0.5, 0.6) is 0 Å². The molecule has 0 aromatic carbocycles. The number of hydrogen-bond acceptors (Lipinski definition) is 5. The van der Waals surface area contributed by atoms with Crippen molar-refractivity contribution in [3.05, 3.63) is 12.2 Å². The predicted octanol–water partition coefficient (Wildman–Crippen LogP) is 0.346. The van der Waals surface area contributed by atoms with Crippen molar-refractivity contribution in [2.45, 2.75) is 31.6 Å². The third kappa shape index (κ3) is 3.31. The van der Waals surface area contributed by atoms with Gasteiger partial charge in [-0.25, -0.2) is 8.42 Å². The number of rotatable bonds is 3. The summed E-state index contributed by atoms with van der Waals surface area (Å²) in [6.07, 6.45) is 4.48. The van der Waals surface area contributed by atoms with Crippen LogP contribution >= 0.6 is 0 Å². The lowest BCUT2D eigenvalue weighted by Crippen LogP contribution is -2.39. The molecule has 0 radical (unpaired) electrons. The Balaban J connectivity index is 1.51. The highest BCUT2D eigenvalue weighted by molar-refractivity contribution is 7.91. The van der Waals surface area contributed by atoms with Gasteiger partial charge in [0.15, 0.2) is 9.84 Å². The molecule has 2 aliphatic heterocycles. The Morgan fingerprint density at radius 1 is 1.32 bits per heavy atom. The first kappa shape index (κ1) is 15.5. The second-order valence-electron chi connectivity index (χ2n) is 6.43. The largest absolute Gasteiger partial charge is 0.343 e. The highest BCUT2D eigenvalue weighted by Crippen LogP contribution is 2.28. The molecule has 2 aliphatic rings. The Labute approximate surface area is 130 Å². The van der Waals surface area contributed by atoms with Crippen molar-refractivity contribution in [2.75, 3.05) is 24.6 Å². The van der Waals surface area contributed by atoms with Crippen LogP contribution in [0.25, 0.3) is 0 Å². The summed E-state index contributed by atoms with van der Waals surface area (Å²) in [6, 6.07) is 0. The number of carbonyl (C=O) groups excluding carboxylic acids is 1. The van der Waals surface area contributed by atoms with Crippen molar-refractivity contribution in [1.82, 2.24) is 19.7 Å². The number of nitrogens with zero attached hydrogens (tertiary/aromatic N) is 4. The topological polar surface area (TPSA) is 85.2 Å². The Morgan fingerprint density at radius 3 is 2.59 bits per heavy atom. The number of carbonyl (C=O) groups is 1. The summed E-state index contributed by atoms with van der Waals surface area (Å²) in [6.45, 7) is 1.44. The molecule has 1 atom stereocenters. The molecule has 8 heteroatoms. The van der Waals surface area contributed by atoms with Crippen molar-refractivity contribution in [1.29, 1.82) is 0 Å². The molecule has 0 spiro atoms. The van der Waals surface area contributed by atoms with E-state index in [9.17, 15) is 13.2 Å². The second-order valence-corrected chi connectivity index (χ2v) is 8.66. The lowest BCUT2D eigenvalue weighted by atomic mass is 9.95. The van der Waals surface area contributed by atoms with E-state index in [0.29, 0.717) is 18.8 Å². The highest BCUT2D eigenvalue weighted by atomic mass is 32.2. The Morgan fingerprint density at radius 2 is 2.05 bits per heavy atom. The smallest absolute Gasteiger partial charge is 0.222 e. The van der Waals surface area contributed by atoms with E-state index >= 15 is 0 Å². The van der Waals surface area contributed by atoms with E-state index in [-0.39, 0.29) is 23.3 Å². The summed E-state index contributed by atoms with van der Waals surface area (Å²) in [5.41, 5.74) is 0. The Hall–Kier alpha value is -1.44. The molecular weight excluding hydrogens is 304 g/mol. The van der Waals surface area contributed by atoms with Crippen LogP contribution in [0, 0.1) is 5.92 Å². The van der Waals surface area contributed by atoms with Crippen LogP contribution in [0.15, 0.2) is 6.33 Å². The van der Waals surface area contributed by atoms with Gasteiger partial charge in [0.25, 0.3) is 0 Å². The normalized spacial score (nSPS) is 25.5. The van der Waals surface area contributed by atoms with Crippen LogP contribution in [0.3, 0.4) is 0 Å². The Bertz CT molecular complexity index is 647. The number of amides is 1. The number of aromatic nitrogens is 3. The number of likely N-dealkylation sites (tertiary alicyclic amines) is 1. The molecule has 122 valence electrons. The van der Waals surface area contributed by atoms with Crippen LogP contribution in [0.2, 0.25) is 0 Å². The molecule has 22 heavy (non-hydrogen) atoms. The fourth-order valence-electron chi connectivity index (χ4n) is 3.46. The first-order valence-electron chi connectivity index (χ1n) is 7.77. The molecular formula is C14H22N4O3S. The SMILES string of the molecule is Cn1cnnc1C1CCN(C(=O)C[C@@H]2CCS(=O)(=O)C2)CC1. The minimum Gasteiger partial charge on any atom is -0.343 e. The van der Waals surface area contributed by atoms with E-state index < -0.39 is 9.84 Å². The Kier molecular flexibility index (Phi) is 4.20. The highest BCUT2D eigenvalue weighted by Gasteiger charge is 2.32. The maximum absolute atomic E-state index is 12.3. The summed E-state index contributed by atoms with van der Waals surface area (Å²) in [5.74, 6) is 1.85. The van der Waals surface area contributed by atoms with Gasteiger partial charge in [-0.2, -0.15) is 0 Å². The molecule has 0 aliphatic carbocycles. The molecule has 0 bridgehead atoms. The molecule has 2 saturated heterocycles. The molecule has 7 nitrogen and oxygen atoms in total. The summed E-state index contributed by atoms with van der Waals surface area (Å²) >= 11 is 0. The maximum Gasteiger partial charge on any atom is 0.222 e.